The van der Waals surface area contributed by atoms with Gasteiger partial charge in [0, 0.05) is 23.7 Å². The van der Waals surface area contributed by atoms with Crippen molar-refractivity contribution in [3.8, 4) is 0 Å². The highest BCUT2D eigenvalue weighted by Crippen LogP contribution is 2.35. The zero-order valence-corrected chi connectivity index (χ0v) is 14.1. The second-order valence-corrected chi connectivity index (χ2v) is 6.80. The summed E-state index contributed by atoms with van der Waals surface area (Å²) in [7, 11) is 0. The van der Waals surface area contributed by atoms with Gasteiger partial charge in [-0.3, -0.25) is 4.90 Å². The molecule has 1 aliphatic heterocycles. The van der Waals surface area contributed by atoms with Gasteiger partial charge in [-0.1, -0.05) is 23.8 Å². The van der Waals surface area contributed by atoms with Gasteiger partial charge in [0.1, 0.15) is 0 Å². The summed E-state index contributed by atoms with van der Waals surface area (Å²) in [6.45, 7) is 6.52. The molecule has 1 saturated heterocycles. The lowest BCUT2D eigenvalue weighted by atomic mass is 9.97. The Labute approximate surface area is 136 Å². The fraction of sp³-hybridized carbons (Fsp3) is 0.438. The van der Waals surface area contributed by atoms with Crippen molar-refractivity contribution in [2.75, 3.05) is 12.3 Å². The van der Waals surface area contributed by atoms with E-state index in [0.717, 1.165) is 13.1 Å². The third-order valence-corrected chi connectivity index (χ3v) is 4.90. The first-order valence-corrected chi connectivity index (χ1v) is 7.96. The molecule has 1 aromatic carbocycles. The molecule has 114 valence electrons. The summed E-state index contributed by atoms with van der Waals surface area (Å²) in [6.07, 6.45) is 4.43. The van der Waals surface area contributed by atoms with E-state index in [1.807, 2.05) is 6.20 Å². The van der Waals surface area contributed by atoms with Gasteiger partial charge >= 0.3 is 0 Å². The lowest BCUT2D eigenvalue weighted by Gasteiger charge is -2.25. The summed E-state index contributed by atoms with van der Waals surface area (Å²) in [5.74, 6) is 0. The van der Waals surface area contributed by atoms with Crippen molar-refractivity contribution in [1.82, 2.24) is 9.88 Å². The lowest BCUT2D eigenvalue weighted by Crippen LogP contribution is -2.23. The second kappa shape index (κ2) is 6.77. The number of thiazole rings is 1. The number of aryl methyl sites for hydroxylation is 2. The van der Waals surface area contributed by atoms with Gasteiger partial charge in [-0.25, -0.2) is 4.98 Å². The molecule has 1 aliphatic rings. The molecule has 0 saturated carbocycles. The summed E-state index contributed by atoms with van der Waals surface area (Å²) >= 11 is 1.60. The summed E-state index contributed by atoms with van der Waals surface area (Å²) in [4.78, 5) is 7.99. The third kappa shape index (κ3) is 3.57. The van der Waals surface area contributed by atoms with E-state index in [-0.39, 0.29) is 12.4 Å². The Kier molecular flexibility index (Phi) is 5.25. The molecule has 3 nitrogen and oxygen atoms in total. The van der Waals surface area contributed by atoms with Crippen LogP contribution in [-0.2, 0) is 6.54 Å². The first-order chi connectivity index (χ1) is 9.63. The van der Waals surface area contributed by atoms with Crippen LogP contribution in [0.3, 0.4) is 0 Å². The second-order valence-electron chi connectivity index (χ2n) is 5.65. The average molecular weight is 324 g/mol. The van der Waals surface area contributed by atoms with E-state index in [0.29, 0.717) is 11.2 Å². The van der Waals surface area contributed by atoms with Gasteiger partial charge in [-0.2, -0.15) is 0 Å². The Morgan fingerprint density at radius 3 is 2.90 bits per heavy atom. The largest absolute Gasteiger partial charge is 0.375 e. The lowest BCUT2D eigenvalue weighted by molar-refractivity contribution is 0.250. The monoisotopic (exact) mass is 323 g/mol. The van der Waals surface area contributed by atoms with Crippen LogP contribution in [0.4, 0.5) is 5.13 Å². The number of halogens is 1. The Balaban J connectivity index is 0.00000161. The first kappa shape index (κ1) is 16.3. The molecule has 0 amide bonds. The third-order valence-electron chi connectivity index (χ3n) is 4.09. The van der Waals surface area contributed by atoms with E-state index in [9.17, 15) is 0 Å². The fourth-order valence-electron chi connectivity index (χ4n) is 3.08. The quantitative estimate of drug-likeness (QED) is 0.924. The summed E-state index contributed by atoms with van der Waals surface area (Å²) in [5.41, 5.74) is 9.96. The van der Waals surface area contributed by atoms with E-state index in [4.69, 9.17) is 5.73 Å². The number of nitrogens with two attached hydrogens (primary N) is 1. The van der Waals surface area contributed by atoms with E-state index < -0.39 is 0 Å². The van der Waals surface area contributed by atoms with Gasteiger partial charge < -0.3 is 5.73 Å². The van der Waals surface area contributed by atoms with Crippen molar-refractivity contribution in [3.63, 3.8) is 0 Å². The van der Waals surface area contributed by atoms with Crippen LogP contribution in [0.15, 0.2) is 24.4 Å². The highest BCUT2D eigenvalue weighted by Gasteiger charge is 2.27. The van der Waals surface area contributed by atoms with Crippen LogP contribution in [0.1, 0.15) is 40.5 Å². The SMILES string of the molecule is Cc1ccc(C)c(C2CCCN2Cc2cnc(N)s2)c1.Cl. The fourth-order valence-corrected chi connectivity index (χ4v) is 3.79. The van der Waals surface area contributed by atoms with Gasteiger partial charge in [-0.05, 0) is 44.4 Å². The Morgan fingerprint density at radius 1 is 1.38 bits per heavy atom. The van der Waals surface area contributed by atoms with Crippen LogP contribution in [0.2, 0.25) is 0 Å². The van der Waals surface area contributed by atoms with E-state index in [1.54, 1.807) is 11.3 Å². The number of likely N-dealkylation sites (tertiary alicyclic amines) is 1. The maximum absolute atomic E-state index is 5.73. The highest BCUT2D eigenvalue weighted by atomic mass is 35.5. The highest BCUT2D eigenvalue weighted by molar-refractivity contribution is 7.15. The molecule has 0 aliphatic carbocycles. The van der Waals surface area contributed by atoms with Crippen LogP contribution < -0.4 is 5.73 Å². The van der Waals surface area contributed by atoms with Crippen molar-refractivity contribution in [2.45, 2.75) is 39.3 Å². The molecule has 2 heterocycles. The van der Waals surface area contributed by atoms with Crippen LogP contribution >= 0.6 is 23.7 Å². The Morgan fingerprint density at radius 2 is 2.19 bits per heavy atom. The van der Waals surface area contributed by atoms with Crippen molar-refractivity contribution in [2.24, 2.45) is 0 Å². The molecule has 0 bridgehead atoms. The zero-order valence-electron chi connectivity index (χ0n) is 12.5. The minimum absolute atomic E-state index is 0. The van der Waals surface area contributed by atoms with Gasteiger partial charge in [-0.15, -0.1) is 23.7 Å². The van der Waals surface area contributed by atoms with Crippen molar-refractivity contribution in [1.29, 1.82) is 0 Å². The number of hydrogen-bond acceptors (Lipinski definition) is 4. The predicted octanol–water partition coefficient (Wildman–Crippen LogP) is 4.10. The van der Waals surface area contributed by atoms with Crippen LogP contribution in [0, 0.1) is 13.8 Å². The van der Waals surface area contributed by atoms with Crippen molar-refractivity contribution < 1.29 is 0 Å². The molecule has 0 spiro atoms. The number of anilines is 1. The Bertz CT molecular complexity index is 611. The van der Waals surface area contributed by atoms with Crippen LogP contribution in [0.5, 0.6) is 0 Å². The molecular weight excluding hydrogens is 302 g/mol. The van der Waals surface area contributed by atoms with Crippen LogP contribution in [-0.4, -0.2) is 16.4 Å². The van der Waals surface area contributed by atoms with E-state index >= 15 is 0 Å². The zero-order chi connectivity index (χ0) is 14.1. The topological polar surface area (TPSA) is 42.2 Å². The molecule has 1 unspecified atom stereocenters. The summed E-state index contributed by atoms with van der Waals surface area (Å²) in [6, 6.07) is 7.32. The minimum atomic E-state index is 0. The molecule has 1 fully saturated rings. The summed E-state index contributed by atoms with van der Waals surface area (Å²) < 4.78 is 0. The average Bonchev–Trinajstić information content (AvgIpc) is 3.02. The molecule has 2 aromatic rings. The normalized spacial score (nSPS) is 18.7. The van der Waals surface area contributed by atoms with E-state index in [2.05, 4.69) is 41.9 Å². The van der Waals surface area contributed by atoms with Crippen molar-refractivity contribution >= 4 is 28.9 Å². The molecule has 5 heteroatoms. The number of aromatic nitrogens is 1. The molecule has 2 N–H and O–H groups in total. The number of benzene rings is 1. The van der Waals surface area contributed by atoms with Gasteiger partial charge in [0.25, 0.3) is 0 Å². The molecule has 0 radical (unpaired) electrons. The Hall–Kier alpha value is -1.10. The maximum atomic E-state index is 5.73. The predicted molar refractivity (Wildman–Crippen MR) is 92.1 cm³/mol. The number of nitrogen functional groups attached to an aromatic ring is 1. The molecular formula is C16H22ClN3S. The van der Waals surface area contributed by atoms with E-state index in [1.165, 1.54) is 34.4 Å². The number of rotatable bonds is 3. The van der Waals surface area contributed by atoms with Gasteiger partial charge in [0.05, 0.1) is 0 Å². The van der Waals surface area contributed by atoms with Crippen molar-refractivity contribution in [3.05, 3.63) is 46.0 Å². The van der Waals surface area contributed by atoms with Gasteiger partial charge in [0.15, 0.2) is 5.13 Å². The molecule has 1 aromatic heterocycles. The maximum Gasteiger partial charge on any atom is 0.180 e. The minimum Gasteiger partial charge on any atom is -0.375 e. The van der Waals surface area contributed by atoms with Gasteiger partial charge in [0.2, 0.25) is 0 Å². The van der Waals surface area contributed by atoms with Crippen LogP contribution in [0.25, 0.3) is 0 Å². The molecule has 3 rings (SSSR count). The summed E-state index contributed by atoms with van der Waals surface area (Å²) in [5, 5.41) is 0.669. The first-order valence-electron chi connectivity index (χ1n) is 7.15. The molecule has 21 heavy (non-hydrogen) atoms. The standard InChI is InChI=1S/C16H21N3S.ClH/c1-11-5-6-12(2)14(8-11)15-4-3-7-19(15)10-13-9-18-16(17)20-13;/h5-6,8-9,15H,3-4,7,10H2,1-2H3,(H2,17,18);1H. The number of hydrogen-bond donors (Lipinski definition) is 1. The smallest absolute Gasteiger partial charge is 0.180 e. The number of nitrogens with zero attached hydrogens (tertiary/aromatic N) is 2. The molecule has 1 atom stereocenters.